The van der Waals surface area contributed by atoms with Crippen LogP contribution in [0.2, 0.25) is 0 Å². The Bertz CT molecular complexity index is 566. The van der Waals surface area contributed by atoms with Crippen LogP contribution in [-0.4, -0.2) is 9.96 Å². The van der Waals surface area contributed by atoms with Crippen LogP contribution in [0.4, 0.5) is 5.69 Å². The Morgan fingerprint density at radius 3 is 2.53 bits per heavy atom. The Kier molecular flexibility index (Phi) is 4.74. The third-order valence-electron chi connectivity index (χ3n) is 3.08. The zero-order valence-electron chi connectivity index (χ0n) is 11.1. The summed E-state index contributed by atoms with van der Waals surface area (Å²) in [5.74, 6) is 0.694. The van der Waals surface area contributed by atoms with Crippen LogP contribution in [0.25, 0.3) is 0 Å². The van der Waals surface area contributed by atoms with E-state index in [1.807, 2.05) is 43.3 Å². The SMILES string of the molecule is Cc1cc(N)ccc1S(=O)CCCc1ccccc1. The second-order valence-corrected chi connectivity index (χ2v) is 6.20. The van der Waals surface area contributed by atoms with Crippen molar-refractivity contribution in [3.05, 3.63) is 59.7 Å². The van der Waals surface area contributed by atoms with E-state index in [9.17, 15) is 4.21 Å². The van der Waals surface area contributed by atoms with Crippen molar-refractivity contribution in [3.8, 4) is 0 Å². The Morgan fingerprint density at radius 2 is 1.84 bits per heavy atom. The van der Waals surface area contributed by atoms with E-state index >= 15 is 0 Å². The minimum atomic E-state index is -0.932. The van der Waals surface area contributed by atoms with Gasteiger partial charge >= 0.3 is 0 Å². The highest BCUT2D eigenvalue weighted by atomic mass is 32.2. The first kappa shape index (κ1) is 13.8. The topological polar surface area (TPSA) is 43.1 Å². The quantitative estimate of drug-likeness (QED) is 0.849. The monoisotopic (exact) mass is 273 g/mol. The van der Waals surface area contributed by atoms with Gasteiger partial charge in [0, 0.05) is 16.3 Å². The molecule has 0 saturated carbocycles. The lowest BCUT2D eigenvalue weighted by Gasteiger charge is -2.07. The summed E-state index contributed by atoms with van der Waals surface area (Å²) in [6.45, 7) is 1.96. The largest absolute Gasteiger partial charge is 0.399 e. The fraction of sp³-hybridized carbons (Fsp3) is 0.250. The third-order valence-corrected chi connectivity index (χ3v) is 4.69. The van der Waals surface area contributed by atoms with Gasteiger partial charge in [-0.1, -0.05) is 30.3 Å². The summed E-state index contributed by atoms with van der Waals surface area (Å²) in [6.07, 6.45) is 1.90. The molecule has 3 heteroatoms. The predicted octanol–water partition coefficient (Wildman–Crippen LogP) is 3.32. The zero-order valence-corrected chi connectivity index (χ0v) is 12.0. The molecule has 0 aliphatic carbocycles. The van der Waals surface area contributed by atoms with Crippen molar-refractivity contribution in [1.29, 1.82) is 0 Å². The Hall–Kier alpha value is -1.61. The van der Waals surface area contributed by atoms with Crippen LogP contribution in [0.3, 0.4) is 0 Å². The fourth-order valence-electron chi connectivity index (χ4n) is 2.09. The van der Waals surface area contributed by atoms with Gasteiger partial charge in [0.15, 0.2) is 0 Å². The lowest BCUT2D eigenvalue weighted by atomic mass is 10.1. The van der Waals surface area contributed by atoms with Crippen LogP contribution in [0.15, 0.2) is 53.4 Å². The summed E-state index contributed by atoms with van der Waals surface area (Å²) in [5.41, 5.74) is 8.74. The fourth-order valence-corrected chi connectivity index (χ4v) is 3.35. The normalized spacial score (nSPS) is 12.3. The molecule has 0 heterocycles. The molecule has 2 rings (SSSR count). The van der Waals surface area contributed by atoms with E-state index < -0.39 is 10.8 Å². The molecule has 2 aromatic carbocycles. The highest BCUT2D eigenvalue weighted by Crippen LogP contribution is 2.17. The lowest BCUT2D eigenvalue weighted by Crippen LogP contribution is -2.02. The molecule has 19 heavy (non-hydrogen) atoms. The average Bonchev–Trinajstić information content (AvgIpc) is 2.39. The molecule has 1 unspecified atom stereocenters. The van der Waals surface area contributed by atoms with Gasteiger partial charge in [-0.25, -0.2) is 0 Å². The smallest absolute Gasteiger partial charge is 0.0532 e. The molecule has 1 atom stereocenters. The number of hydrogen-bond donors (Lipinski definition) is 1. The summed E-state index contributed by atoms with van der Waals surface area (Å²) in [6, 6.07) is 15.9. The first-order valence-corrected chi connectivity index (χ1v) is 7.77. The molecule has 0 radical (unpaired) electrons. The molecule has 2 aromatic rings. The van der Waals surface area contributed by atoms with Crippen LogP contribution in [-0.2, 0) is 17.2 Å². The molecule has 0 bridgehead atoms. The van der Waals surface area contributed by atoms with Crippen LogP contribution < -0.4 is 5.73 Å². The van der Waals surface area contributed by atoms with Crippen molar-refractivity contribution < 1.29 is 4.21 Å². The Labute approximate surface area is 117 Å². The maximum atomic E-state index is 12.2. The van der Waals surface area contributed by atoms with Crippen LogP contribution in [0, 0.1) is 6.92 Å². The molecular formula is C16H19NOS. The van der Waals surface area contributed by atoms with Crippen molar-refractivity contribution in [2.24, 2.45) is 0 Å². The summed E-state index contributed by atoms with van der Waals surface area (Å²) < 4.78 is 12.2. The van der Waals surface area contributed by atoms with Crippen LogP contribution in [0.5, 0.6) is 0 Å². The van der Waals surface area contributed by atoms with Gasteiger partial charge in [0.25, 0.3) is 0 Å². The van der Waals surface area contributed by atoms with Gasteiger partial charge < -0.3 is 5.73 Å². The minimum Gasteiger partial charge on any atom is -0.399 e. The molecule has 0 fully saturated rings. The standard InChI is InChI=1S/C16H19NOS/c1-13-12-15(17)9-10-16(13)19(18)11-5-8-14-6-3-2-4-7-14/h2-4,6-7,9-10,12H,5,8,11,17H2,1H3. The molecular weight excluding hydrogens is 254 g/mol. The lowest BCUT2D eigenvalue weighted by molar-refractivity contribution is 0.680. The van der Waals surface area contributed by atoms with E-state index in [1.165, 1.54) is 5.56 Å². The number of anilines is 1. The van der Waals surface area contributed by atoms with E-state index in [0.29, 0.717) is 5.75 Å². The van der Waals surface area contributed by atoms with Gasteiger partial charge in [0.05, 0.1) is 10.8 Å². The van der Waals surface area contributed by atoms with Crippen LogP contribution in [0.1, 0.15) is 17.5 Å². The van der Waals surface area contributed by atoms with Gasteiger partial charge in [-0.15, -0.1) is 0 Å². The van der Waals surface area contributed by atoms with Crippen molar-refractivity contribution >= 4 is 16.5 Å². The maximum Gasteiger partial charge on any atom is 0.0532 e. The van der Waals surface area contributed by atoms with Crippen molar-refractivity contribution in [1.82, 2.24) is 0 Å². The second kappa shape index (κ2) is 6.53. The van der Waals surface area contributed by atoms with Gasteiger partial charge in [-0.3, -0.25) is 4.21 Å². The number of benzene rings is 2. The van der Waals surface area contributed by atoms with Gasteiger partial charge in [0.1, 0.15) is 0 Å². The van der Waals surface area contributed by atoms with E-state index in [4.69, 9.17) is 5.73 Å². The van der Waals surface area contributed by atoms with E-state index in [1.54, 1.807) is 0 Å². The molecule has 2 nitrogen and oxygen atoms in total. The summed E-state index contributed by atoms with van der Waals surface area (Å²) in [4.78, 5) is 0.905. The summed E-state index contributed by atoms with van der Waals surface area (Å²) in [5, 5.41) is 0. The van der Waals surface area contributed by atoms with Gasteiger partial charge in [0.2, 0.25) is 0 Å². The molecule has 0 aliphatic heterocycles. The van der Waals surface area contributed by atoms with Crippen molar-refractivity contribution in [3.63, 3.8) is 0 Å². The number of nitrogens with two attached hydrogens (primary N) is 1. The van der Waals surface area contributed by atoms with E-state index in [2.05, 4.69) is 12.1 Å². The molecule has 2 N–H and O–H groups in total. The minimum absolute atomic E-state index is 0.694. The van der Waals surface area contributed by atoms with Crippen molar-refractivity contribution in [2.75, 3.05) is 11.5 Å². The first-order valence-electron chi connectivity index (χ1n) is 6.45. The number of hydrogen-bond acceptors (Lipinski definition) is 2. The maximum absolute atomic E-state index is 12.2. The number of aryl methyl sites for hydroxylation is 2. The average molecular weight is 273 g/mol. The molecule has 0 spiro atoms. The van der Waals surface area contributed by atoms with Crippen LogP contribution >= 0.6 is 0 Å². The predicted molar refractivity (Wildman–Crippen MR) is 81.6 cm³/mol. The highest BCUT2D eigenvalue weighted by Gasteiger charge is 2.07. The first-order chi connectivity index (χ1) is 9.16. The molecule has 0 amide bonds. The van der Waals surface area contributed by atoms with Gasteiger partial charge in [-0.05, 0) is 49.1 Å². The third kappa shape index (κ3) is 3.93. The molecule has 100 valence electrons. The number of nitrogen functional groups attached to an aromatic ring is 1. The summed E-state index contributed by atoms with van der Waals surface area (Å²) >= 11 is 0. The summed E-state index contributed by atoms with van der Waals surface area (Å²) in [7, 11) is -0.932. The van der Waals surface area contributed by atoms with Crippen molar-refractivity contribution in [2.45, 2.75) is 24.7 Å². The molecule has 0 aromatic heterocycles. The second-order valence-electron chi connectivity index (χ2n) is 4.66. The number of rotatable bonds is 5. The highest BCUT2D eigenvalue weighted by molar-refractivity contribution is 7.85. The van der Waals surface area contributed by atoms with E-state index in [0.717, 1.165) is 29.0 Å². The molecule has 0 aliphatic rings. The molecule has 0 saturated heterocycles. The zero-order chi connectivity index (χ0) is 13.7. The Balaban J connectivity index is 1.91. The van der Waals surface area contributed by atoms with E-state index in [-0.39, 0.29) is 0 Å². The Morgan fingerprint density at radius 1 is 1.11 bits per heavy atom. The van der Waals surface area contributed by atoms with Gasteiger partial charge in [-0.2, -0.15) is 0 Å².